The summed E-state index contributed by atoms with van der Waals surface area (Å²) >= 11 is 0. The molecule has 22 heavy (non-hydrogen) atoms. The summed E-state index contributed by atoms with van der Waals surface area (Å²) in [6.45, 7) is 21.3. The highest BCUT2D eigenvalue weighted by Gasteiger charge is 2.52. The summed E-state index contributed by atoms with van der Waals surface area (Å²) in [6.07, 6.45) is 3.24. The van der Waals surface area contributed by atoms with Gasteiger partial charge in [0.1, 0.15) is 5.60 Å². The zero-order chi connectivity index (χ0) is 17.4. The monoisotopic (exact) mass is 311 g/mol. The third-order valence-electron chi connectivity index (χ3n) is 5.27. The van der Waals surface area contributed by atoms with Crippen molar-refractivity contribution < 1.29 is 9.53 Å². The van der Waals surface area contributed by atoms with Crippen LogP contribution < -0.4 is 0 Å². The highest BCUT2D eigenvalue weighted by molar-refractivity contribution is 5.68. The molecule has 0 spiro atoms. The predicted octanol–water partition coefficient (Wildman–Crippen LogP) is 5.49. The van der Waals surface area contributed by atoms with Crippen LogP contribution in [0.4, 0.5) is 4.79 Å². The number of carbonyl (C=O) groups is 1. The number of likely N-dealkylation sites (tertiary alicyclic amines) is 1. The van der Waals surface area contributed by atoms with E-state index in [1.807, 2.05) is 25.7 Å². The van der Waals surface area contributed by atoms with Gasteiger partial charge in [0.15, 0.2) is 0 Å². The first-order valence-corrected chi connectivity index (χ1v) is 8.68. The average molecular weight is 312 g/mol. The number of hydrogen-bond donors (Lipinski definition) is 0. The molecule has 0 saturated carbocycles. The summed E-state index contributed by atoms with van der Waals surface area (Å²) in [4.78, 5) is 14.6. The molecule has 1 heterocycles. The topological polar surface area (TPSA) is 29.5 Å². The molecule has 3 nitrogen and oxygen atoms in total. The predicted molar refractivity (Wildman–Crippen MR) is 93.0 cm³/mol. The molecule has 0 atom stereocenters. The molecule has 0 aliphatic carbocycles. The highest BCUT2D eigenvalue weighted by atomic mass is 16.6. The molecule has 0 unspecified atom stereocenters. The van der Waals surface area contributed by atoms with Crippen molar-refractivity contribution in [1.29, 1.82) is 0 Å². The fraction of sp³-hybridized carbons (Fsp3) is 0.947. The third-order valence-corrected chi connectivity index (χ3v) is 5.27. The Morgan fingerprint density at radius 3 is 1.82 bits per heavy atom. The van der Waals surface area contributed by atoms with Crippen molar-refractivity contribution in [3.8, 4) is 0 Å². The molecule has 3 heteroatoms. The zero-order valence-electron chi connectivity index (χ0n) is 16.3. The Morgan fingerprint density at radius 2 is 1.41 bits per heavy atom. The maximum Gasteiger partial charge on any atom is 0.410 e. The maximum atomic E-state index is 12.6. The Balaban J connectivity index is 3.13. The number of nitrogens with zero attached hydrogens (tertiary/aromatic N) is 1. The van der Waals surface area contributed by atoms with Crippen LogP contribution in [0.3, 0.4) is 0 Å². The fourth-order valence-electron chi connectivity index (χ4n) is 4.05. The SMILES string of the molecule is CC(C)(C)OC(=O)N1CCCCC(C(C)(C)C)(C(C)(C)C)C1. The molecule has 130 valence electrons. The first-order chi connectivity index (χ1) is 9.70. The van der Waals surface area contributed by atoms with Gasteiger partial charge in [-0.2, -0.15) is 0 Å². The minimum atomic E-state index is -0.435. The van der Waals surface area contributed by atoms with Gasteiger partial charge in [0.25, 0.3) is 0 Å². The number of carbonyl (C=O) groups excluding carboxylic acids is 1. The molecule has 1 fully saturated rings. The first-order valence-electron chi connectivity index (χ1n) is 8.68. The second kappa shape index (κ2) is 6.05. The van der Waals surface area contributed by atoms with E-state index in [1.54, 1.807) is 0 Å². The second-order valence-electron chi connectivity index (χ2n) is 9.94. The smallest absolute Gasteiger partial charge is 0.410 e. The number of hydrogen-bond acceptors (Lipinski definition) is 2. The maximum absolute atomic E-state index is 12.6. The summed E-state index contributed by atoms with van der Waals surface area (Å²) in [5, 5.41) is 0. The van der Waals surface area contributed by atoms with Gasteiger partial charge in [-0.15, -0.1) is 0 Å². The van der Waals surface area contributed by atoms with Crippen LogP contribution in [0.1, 0.15) is 81.6 Å². The normalized spacial score (nSPS) is 20.5. The van der Waals surface area contributed by atoms with Crippen molar-refractivity contribution in [2.45, 2.75) is 87.2 Å². The molecule has 0 bridgehead atoms. The van der Waals surface area contributed by atoms with Gasteiger partial charge in [-0.25, -0.2) is 4.79 Å². The molecule has 1 aliphatic rings. The van der Waals surface area contributed by atoms with Crippen LogP contribution in [0.5, 0.6) is 0 Å². The number of ether oxygens (including phenoxy) is 1. The van der Waals surface area contributed by atoms with E-state index in [2.05, 4.69) is 41.5 Å². The zero-order valence-corrected chi connectivity index (χ0v) is 16.3. The molecule has 0 aromatic heterocycles. The molecule has 0 N–H and O–H groups in total. The van der Waals surface area contributed by atoms with Gasteiger partial charge in [0.05, 0.1) is 0 Å². The van der Waals surface area contributed by atoms with Gasteiger partial charge in [-0.05, 0) is 49.9 Å². The van der Waals surface area contributed by atoms with Crippen LogP contribution in [-0.4, -0.2) is 29.7 Å². The van der Waals surface area contributed by atoms with E-state index in [1.165, 1.54) is 12.8 Å². The van der Waals surface area contributed by atoms with Crippen LogP contribution in [0.25, 0.3) is 0 Å². The highest BCUT2D eigenvalue weighted by Crippen LogP contribution is 2.56. The van der Waals surface area contributed by atoms with Crippen LogP contribution in [0.2, 0.25) is 0 Å². The lowest BCUT2D eigenvalue weighted by atomic mass is 9.52. The summed E-state index contributed by atoms with van der Waals surface area (Å²) in [5.41, 5.74) is -0.0748. The fourth-order valence-corrected chi connectivity index (χ4v) is 4.05. The van der Waals surface area contributed by atoms with E-state index in [9.17, 15) is 4.79 Å². The van der Waals surface area contributed by atoms with Gasteiger partial charge in [0.2, 0.25) is 0 Å². The van der Waals surface area contributed by atoms with Crippen molar-refractivity contribution in [3.05, 3.63) is 0 Å². The second-order valence-corrected chi connectivity index (χ2v) is 9.94. The quantitative estimate of drug-likeness (QED) is 0.592. The summed E-state index contributed by atoms with van der Waals surface area (Å²) < 4.78 is 5.64. The lowest BCUT2D eigenvalue weighted by Gasteiger charge is -2.55. The molecule has 1 saturated heterocycles. The summed E-state index contributed by atoms with van der Waals surface area (Å²) in [5.74, 6) is 0. The molecule has 1 amide bonds. The van der Waals surface area contributed by atoms with Gasteiger partial charge in [0, 0.05) is 13.1 Å². The van der Waals surface area contributed by atoms with Crippen molar-refractivity contribution in [1.82, 2.24) is 4.90 Å². The Labute approximate surface area is 137 Å². The lowest BCUT2D eigenvalue weighted by molar-refractivity contribution is -0.0618. The summed E-state index contributed by atoms with van der Waals surface area (Å²) in [6, 6.07) is 0. The van der Waals surface area contributed by atoms with Crippen molar-refractivity contribution in [2.24, 2.45) is 16.2 Å². The number of amides is 1. The van der Waals surface area contributed by atoms with E-state index < -0.39 is 5.60 Å². The molecular formula is C19H37NO2. The molecule has 0 aromatic rings. The molecule has 1 aliphatic heterocycles. The number of rotatable bonds is 0. The Morgan fingerprint density at radius 1 is 0.909 bits per heavy atom. The molecular weight excluding hydrogens is 274 g/mol. The van der Waals surface area contributed by atoms with Gasteiger partial charge >= 0.3 is 6.09 Å². The van der Waals surface area contributed by atoms with Crippen molar-refractivity contribution in [2.75, 3.05) is 13.1 Å². The van der Waals surface area contributed by atoms with Crippen LogP contribution in [0.15, 0.2) is 0 Å². The van der Waals surface area contributed by atoms with Gasteiger partial charge in [-0.3, -0.25) is 0 Å². The van der Waals surface area contributed by atoms with Gasteiger partial charge in [-0.1, -0.05) is 48.0 Å². The summed E-state index contributed by atoms with van der Waals surface area (Å²) in [7, 11) is 0. The van der Waals surface area contributed by atoms with Crippen LogP contribution >= 0.6 is 0 Å². The third kappa shape index (κ3) is 4.17. The van der Waals surface area contributed by atoms with Crippen LogP contribution in [0, 0.1) is 16.2 Å². The van der Waals surface area contributed by atoms with Crippen molar-refractivity contribution >= 4 is 6.09 Å². The molecule has 1 rings (SSSR count). The van der Waals surface area contributed by atoms with Gasteiger partial charge < -0.3 is 9.64 Å². The average Bonchev–Trinajstić information content (AvgIpc) is 2.47. The van der Waals surface area contributed by atoms with Crippen LogP contribution in [-0.2, 0) is 4.74 Å². The minimum absolute atomic E-state index is 0.0907. The van der Waals surface area contributed by atoms with E-state index >= 15 is 0 Å². The van der Waals surface area contributed by atoms with E-state index in [-0.39, 0.29) is 22.3 Å². The van der Waals surface area contributed by atoms with E-state index in [0.29, 0.717) is 0 Å². The lowest BCUT2D eigenvalue weighted by Crippen LogP contribution is -2.54. The molecule has 0 aromatic carbocycles. The molecule has 0 radical (unpaired) electrons. The van der Waals surface area contributed by atoms with E-state index in [4.69, 9.17) is 4.74 Å². The Kier molecular flexibility index (Phi) is 5.31. The minimum Gasteiger partial charge on any atom is -0.444 e. The van der Waals surface area contributed by atoms with Crippen molar-refractivity contribution in [3.63, 3.8) is 0 Å². The van der Waals surface area contributed by atoms with E-state index in [0.717, 1.165) is 19.5 Å². The Bertz CT molecular complexity index is 379. The Hall–Kier alpha value is -0.730. The first kappa shape index (κ1) is 19.3. The largest absolute Gasteiger partial charge is 0.444 e. The standard InChI is InChI=1S/C19H37NO2/c1-16(2,3)19(17(4,5)6)12-10-11-13-20(14-19)15(21)22-18(7,8)9/h10-14H2,1-9H3.